The number of rotatable bonds is 11. The number of amides is 2. The Kier molecular flexibility index (Phi) is 11.4. The Morgan fingerprint density at radius 2 is 1.29 bits per heavy atom. The molecule has 6 rings (SSSR count). The zero-order valence-corrected chi connectivity index (χ0v) is 28.1. The van der Waals surface area contributed by atoms with Crippen LogP contribution in [0.2, 0.25) is 0 Å². The second-order valence-corrected chi connectivity index (χ2v) is 12.6. The predicted molar refractivity (Wildman–Crippen MR) is 193 cm³/mol. The second-order valence-electron chi connectivity index (χ2n) is 12.6. The standard InChI is InChI=1S/C42H39F3N4O2/c43-42(44,45)38-18-13-32(14-19-38)15-20-40(50)49(31-35-11-16-36(17-12-35)37-21-23-46-24-22-37)39(29-33-7-3-1-4-8-33)41(51)48-27-25-47(26-28-48)30-34-9-5-2-6-10-34/h1-24,39H,25-31H2/b20-15+/t39-/m0/s1. The summed E-state index contributed by atoms with van der Waals surface area (Å²) in [5.74, 6) is -0.548. The summed E-state index contributed by atoms with van der Waals surface area (Å²) < 4.78 is 39.5. The van der Waals surface area contributed by atoms with E-state index in [9.17, 15) is 22.8 Å². The van der Waals surface area contributed by atoms with Crippen LogP contribution in [0, 0.1) is 0 Å². The molecule has 1 aromatic heterocycles. The van der Waals surface area contributed by atoms with Crippen LogP contribution in [0.3, 0.4) is 0 Å². The number of piperazine rings is 1. The van der Waals surface area contributed by atoms with E-state index in [1.54, 1.807) is 17.3 Å². The topological polar surface area (TPSA) is 56.8 Å². The van der Waals surface area contributed by atoms with Crippen molar-refractivity contribution in [1.82, 2.24) is 19.7 Å². The summed E-state index contributed by atoms with van der Waals surface area (Å²) in [4.78, 5) is 38.6. The lowest BCUT2D eigenvalue weighted by Crippen LogP contribution is -2.56. The summed E-state index contributed by atoms with van der Waals surface area (Å²) in [6.45, 7) is 3.42. The molecule has 4 aromatic carbocycles. The number of alkyl halides is 3. The van der Waals surface area contributed by atoms with E-state index in [1.807, 2.05) is 89.8 Å². The highest BCUT2D eigenvalue weighted by atomic mass is 19.4. The third kappa shape index (κ3) is 9.58. The van der Waals surface area contributed by atoms with Crippen molar-refractivity contribution in [1.29, 1.82) is 0 Å². The Labute approximate surface area is 296 Å². The molecule has 0 aliphatic carbocycles. The third-order valence-corrected chi connectivity index (χ3v) is 9.13. The van der Waals surface area contributed by atoms with E-state index in [2.05, 4.69) is 22.0 Å². The van der Waals surface area contributed by atoms with Crippen LogP contribution in [0.4, 0.5) is 13.2 Å². The fraction of sp³-hybridized carbons (Fsp3) is 0.214. The van der Waals surface area contributed by atoms with Gasteiger partial charge in [0.2, 0.25) is 11.8 Å². The zero-order chi connectivity index (χ0) is 35.6. The third-order valence-electron chi connectivity index (χ3n) is 9.13. The first-order valence-electron chi connectivity index (χ1n) is 17.0. The molecule has 1 fully saturated rings. The first-order chi connectivity index (χ1) is 24.7. The maximum Gasteiger partial charge on any atom is 0.416 e. The summed E-state index contributed by atoms with van der Waals surface area (Å²) in [7, 11) is 0. The van der Waals surface area contributed by atoms with Crippen LogP contribution in [0.5, 0.6) is 0 Å². The second kappa shape index (κ2) is 16.4. The van der Waals surface area contributed by atoms with Gasteiger partial charge in [-0.05, 0) is 63.7 Å². The number of halogens is 3. The molecule has 2 amide bonds. The van der Waals surface area contributed by atoms with Gasteiger partial charge in [0.15, 0.2) is 0 Å². The molecule has 1 aliphatic rings. The first kappa shape index (κ1) is 35.3. The van der Waals surface area contributed by atoms with Crippen molar-refractivity contribution in [2.75, 3.05) is 26.2 Å². The van der Waals surface area contributed by atoms with Gasteiger partial charge in [-0.15, -0.1) is 0 Å². The Morgan fingerprint density at radius 3 is 1.90 bits per heavy atom. The predicted octanol–water partition coefficient (Wildman–Crippen LogP) is 7.77. The van der Waals surface area contributed by atoms with Crippen LogP contribution in [0.1, 0.15) is 27.8 Å². The molecule has 0 unspecified atom stereocenters. The Hall–Kier alpha value is -5.54. The number of hydrogen-bond donors (Lipinski definition) is 0. The number of nitrogens with zero attached hydrogens (tertiary/aromatic N) is 4. The van der Waals surface area contributed by atoms with Gasteiger partial charge in [0.1, 0.15) is 6.04 Å². The summed E-state index contributed by atoms with van der Waals surface area (Å²) in [6.07, 6.45) is 2.14. The van der Waals surface area contributed by atoms with E-state index in [1.165, 1.54) is 29.8 Å². The van der Waals surface area contributed by atoms with Crippen LogP contribution in [-0.4, -0.2) is 63.7 Å². The van der Waals surface area contributed by atoms with E-state index in [0.717, 1.165) is 40.9 Å². The average molecular weight is 689 g/mol. The Balaban J connectivity index is 1.28. The molecule has 0 N–H and O–H groups in total. The summed E-state index contributed by atoms with van der Waals surface area (Å²) in [6, 6.07) is 35.4. The van der Waals surface area contributed by atoms with Crippen LogP contribution in [-0.2, 0) is 35.3 Å². The minimum absolute atomic E-state index is 0.136. The largest absolute Gasteiger partial charge is 0.416 e. The maximum absolute atomic E-state index is 14.5. The van der Waals surface area contributed by atoms with Crippen molar-refractivity contribution in [3.8, 4) is 11.1 Å². The van der Waals surface area contributed by atoms with Crippen molar-refractivity contribution < 1.29 is 22.8 Å². The number of pyridine rings is 1. The number of aromatic nitrogens is 1. The lowest BCUT2D eigenvalue weighted by molar-refractivity contribution is -0.145. The molecule has 1 atom stereocenters. The maximum atomic E-state index is 14.5. The first-order valence-corrected chi connectivity index (χ1v) is 17.0. The van der Waals surface area contributed by atoms with E-state index in [-0.39, 0.29) is 12.5 Å². The molecule has 1 saturated heterocycles. The molecule has 51 heavy (non-hydrogen) atoms. The zero-order valence-electron chi connectivity index (χ0n) is 28.1. The van der Waals surface area contributed by atoms with Gasteiger partial charge in [0.05, 0.1) is 5.56 Å². The molecule has 0 radical (unpaired) electrons. The van der Waals surface area contributed by atoms with Gasteiger partial charge in [-0.1, -0.05) is 97.1 Å². The van der Waals surface area contributed by atoms with Crippen LogP contribution < -0.4 is 0 Å². The SMILES string of the molecule is O=C([C@H](Cc1ccccc1)N(Cc1ccc(-c2ccncc2)cc1)C(=O)/C=C/c1ccc(C(F)(F)F)cc1)N1CCN(Cc2ccccc2)CC1. The van der Waals surface area contributed by atoms with Gasteiger partial charge in [-0.2, -0.15) is 13.2 Å². The Bertz CT molecular complexity index is 1890. The highest BCUT2D eigenvalue weighted by molar-refractivity contribution is 5.95. The van der Waals surface area contributed by atoms with Gasteiger partial charge < -0.3 is 9.80 Å². The quantitative estimate of drug-likeness (QED) is 0.133. The van der Waals surface area contributed by atoms with Gasteiger partial charge in [-0.3, -0.25) is 19.5 Å². The fourth-order valence-corrected chi connectivity index (χ4v) is 6.28. The van der Waals surface area contributed by atoms with E-state index < -0.39 is 23.7 Å². The normalized spacial score (nSPS) is 14.4. The molecule has 0 saturated carbocycles. The minimum Gasteiger partial charge on any atom is -0.338 e. The number of carbonyl (C=O) groups is 2. The van der Waals surface area contributed by atoms with Crippen molar-refractivity contribution in [3.63, 3.8) is 0 Å². The highest BCUT2D eigenvalue weighted by Gasteiger charge is 2.34. The van der Waals surface area contributed by atoms with Gasteiger partial charge >= 0.3 is 6.18 Å². The fourth-order valence-electron chi connectivity index (χ4n) is 6.28. The molecule has 2 heterocycles. The molecule has 5 aromatic rings. The lowest BCUT2D eigenvalue weighted by atomic mass is 10.0. The van der Waals surface area contributed by atoms with Crippen LogP contribution in [0.15, 0.2) is 140 Å². The van der Waals surface area contributed by atoms with Crippen molar-refractivity contribution in [3.05, 3.63) is 168 Å². The van der Waals surface area contributed by atoms with Crippen LogP contribution >= 0.6 is 0 Å². The van der Waals surface area contributed by atoms with Crippen molar-refractivity contribution >= 4 is 17.9 Å². The monoisotopic (exact) mass is 688 g/mol. The van der Waals surface area contributed by atoms with Crippen molar-refractivity contribution in [2.45, 2.75) is 31.7 Å². The van der Waals surface area contributed by atoms with Gasteiger partial charge in [0.25, 0.3) is 0 Å². The Morgan fingerprint density at radius 1 is 0.706 bits per heavy atom. The van der Waals surface area contributed by atoms with Crippen molar-refractivity contribution in [2.24, 2.45) is 0 Å². The summed E-state index contributed by atoms with van der Waals surface area (Å²) in [5, 5.41) is 0. The smallest absolute Gasteiger partial charge is 0.338 e. The van der Waals surface area contributed by atoms with E-state index in [0.29, 0.717) is 38.2 Å². The minimum atomic E-state index is -4.46. The lowest BCUT2D eigenvalue weighted by Gasteiger charge is -2.39. The molecule has 0 spiro atoms. The molecule has 0 bridgehead atoms. The molecular weight excluding hydrogens is 649 g/mol. The van der Waals surface area contributed by atoms with Gasteiger partial charge in [-0.25, -0.2) is 0 Å². The molecule has 6 nitrogen and oxygen atoms in total. The van der Waals surface area contributed by atoms with Crippen LogP contribution in [0.25, 0.3) is 17.2 Å². The molecule has 9 heteroatoms. The average Bonchev–Trinajstić information content (AvgIpc) is 3.16. The summed E-state index contributed by atoms with van der Waals surface area (Å²) >= 11 is 0. The summed E-state index contributed by atoms with van der Waals surface area (Å²) in [5.41, 5.74) is 4.64. The van der Waals surface area contributed by atoms with Gasteiger partial charge in [0, 0.05) is 64.2 Å². The molecule has 260 valence electrons. The highest BCUT2D eigenvalue weighted by Crippen LogP contribution is 2.29. The molecule has 1 aliphatic heterocycles. The molecular formula is C42H39F3N4O2. The number of benzene rings is 4. The van der Waals surface area contributed by atoms with E-state index in [4.69, 9.17) is 0 Å². The number of carbonyl (C=O) groups excluding carboxylic acids is 2. The van der Waals surface area contributed by atoms with E-state index >= 15 is 0 Å². The number of hydrogen-bond acceptors (Lipinski definition) is 4.